The Balaban J connectivity index is 2.84. The van der Waals surface area contributed by atoms with Crippen LogP contribution in [0.3, 0.4) is 0 Å². The van der Waals surface area contributed by atoms with E-state index >= 15 is 0 Å². The van der Waals surface area contributed by atoms with Crippen LogP contribution >= 0.6 is 27.5 Å². The number of fused-ring (bicyclic) bond motifs is 1. The van der Waals surface area contributed by atoms with E-state index in [4.69, 9.17) is 11.6 Å². The van der Waals surface area contributed by atoms with Crippen molar-refractivity contribution in [2.75, 3.05) is 0 Å². The van der Waals surface area contributed by atoms with Crippen molar-refractivity contribution in [2.45, 2.75) is 6.61 Å². The third-order valence-electron chi connectivity index (χ3n) is 2.05. The zero-order valence-corrected chi connectivity index (χ0v) is 9.51. The molecule has 0 saturated carbocycles. The number of hydrogen-bond donors (Lipinski definition) is 1. The standard InChI is InChI=1S/C10H7BrClNO/c11-6-1-2-10-7(3-6)8(5-14)9(12)4-13-10/h1-4,14H,5H2. The quantitative estimate of drug-likeness (QED) is 0.865. The van der Waals surface area contributed by atoms with Gasteiger partial charge < -0.3 is 5.11 Å². The SMILES string of the molecule is OCc1c(Cl)cnc2ccc(Br)cc12. The van der Waals surface area contributed by atoms with Crippen molar-refractivity contribution in [3.8, 4) is 0 Å². The summed E-state index contributed by atoms with van der Waals surface area (Å²) in [4.78, 5) is 4.17. The molecule has 0 aliphatic rings. The average Bonchev–Trinajstić information content (AvgIpc) is 2.17. The normalized spacial score (nSPS) is 10.8. The molecule has 0 radical (unpaired) electrons. The lowest BCUT2D eigenvalue weighted by Gasteiger charge is -2.05. The minimum atomic E-state index is -0.0751. The smallest absolute Gasteiger partial charge is 0.0707 e. The summed E-state index contributed by atoms with van der Waals surface area (Å²) < 4.78 is 0.948. The lowest BCUT2D eigenvalue weighted by Crippen LogP contribution is -1.90. The van der Waals surface area contributed by atoms with Crippen LogP contribution in [0.1, 0.15) is 5.56 Å². The molecule has 1 heterocycles. The zero-order chi connectivity index (χ0) is 10.1. The van der Waals surface area contributed by atoms with E-state index in [1.54, 1.807) is 6.20 Å². The van der Waals surface area contributed by atoms with Crippen LogP contribution in [0, 0.1) is 0 Å². The molecule has 2 aromatic rings. The molecule has 0 aliphatic carbocycles. The van der Waals surface area contributed by atoms with Crippen molar-refractivity contribution >= 4 is 38.4 Å². The number of nitrogens with zero attached hydrogens (tertiary/aromatic N) is 1. The Morgan fingerprint density at radius 3 is 2.93 bits per heavy atom. The van der Waals surface area contributed by atoms with Crippen LogP contribution < -0.4 is 0 Å². The zero-order valence-electron chi connectivity index (χ0n) is 7.17. The maximum atomic E-state index is 9.18. The minimum Gasteiger partial charge on any atom is -0.392 e. The highest BCUT2D eigenvalue weighted by atomic mass is 79.9. The molecule has 14 heavy (non-hydrogen) atoms. The molecule has 0 fully saturated rings. The van der Waals surface area contributed by atoms with E-state index in [1.165, 1.54) is 0 Å². The summed E-state index contributed by atoms with van der Waals surface area (Å²) in [6.45, 7) is -0.0751. The van der Waals surface area contributed by atoms with Gasteiger partial charge in [-0.25, -0.2) is 0 Å². The van der Waals surface area contributed by atoms with Gasteiger partial charge in [-0.05, 0) is 18.2 Å². The molecule has 1 aromatic heterocycles. The predicted molar refractivity (Wildman–Crippen MR) is 60.4 cm³/mol. The molecule has 72 valence electrons. The summed E-state index contributed by atoms with van der Waals surface area (Å²) in [5.74, 6) is 0. The maximum Gasteiger partial charge on any atom is 0.0707 e. The van der Waals surface area contributed by atoms with Gasteiger partial charge >= 0.3 is 0 Å². The number of hydrogen-bond acceptors (Lipinski definition) is 2. The van der Waals surface area contributed by atoms with Crippen LogP contribution in [0.2, 0.25) is 5.02 Å². The number of halogens is 2. The van der Waals surface area contributed by atoms with Crippen molar-refractivity contribution in [1.82, 2.24) is 4.98 Å². The van der Waals surface area contributed by atoms with Gasteiger partial charge in [-0.3, -0.25) is 4.98 Å². The fraction of sp³-hybridized carbons (Fsp3) is 0.100. The molecule has 0 spiro atoms. The number of pyridine rings is 1. The Morgan fingerprint density at radius 2 is 2.21 bits per heavy atom. The second kappa shape index (κ2) is 3.85. The molecule has 2 nitrogen and oxygen atoms in total. The molecule has 0 aliphatic heterocycles. The van der Waals surface area contributed by atoms with Crippen LogP contribution in [0.5, 0.6) is 0 Å². The number of aromatic nitrogens is 1. The van der Waals surface area contributed by atoms with Crippen molar-refractivity contribution in [3.05, 3.63) is 39.5 Å². The van der Waals surface area contributed by atoms with Crippen molar-refractivity contribution < 1.29 is 5.11 Å². The highest BCUT2D eigenvalue weighted by molar-refractivity contribution is 9.10. The Bertz CT molecular complexity index is 482. The monoisotopic (exact) mass is 271 g/mol. The van der Waals surface area contributed by atoms with Crippen molar-refractivity contribution in [2.24, 2.45) is 0 Å². The van der Waals surface area contributed by atoms with Gasteiger partial charge in [0.15, 0.2) is 0 Å². The molecular formula is C10H7BrClNO. The Hall–Kier alpha value is -0.640. The van der Waals surface area contributed by atoms with Gasteiger partial charge in [0.1, 0.15) is 0 Å². The van der Waals surface area contributed by atoms with E-state index in [9.17, 15) is 5.11 Å². The third kappa shape index (κ3) is 1.63. The van der Waals surface area contributed by atoms with Crippen LogP contribution in [-0.2, 0) is 6.61 Å². The van der Waals surface area contributed by atoms with E-state index < -0.39 is 0 Å². The van der Waals surface area contributed by atoms with E-state index in [0.29, 0.717) is 5.02 Å². The number of aliphatic hydroxyl groups excluding tert-OH is 1. The van der Waals surface area contributed by atoms with E-state index in [0.717, 1.165) is 20.9 Å². The van der Waals surface area contributed by atoms with E-state index in [1.807, 2.05) is 18.2 Å². The largest absolute Gasteiger partial charge is 0.392 e. The fourth-order valence-corrected chi connectivity index (χ4v) is 1.93. The second-order valence-corrected chi connectivity index (χ2v) is 4.23. The highest BCUT2D eigenvalue weighted by Crippen LogP contribution is 2.26. The topological polar surface area (TPSA) is 33.1 Å². The van der Waals surface area contributed by atoms with Gasteiger partial charge in [-0.15, -0.1) is 0 Å². The molecule has 0 bridgehead atoms. The molecule has 0 atom stereocenters. The Kier molecular flexibility index (Phi) is 2.72. The van der Waals surface area contributed by atoms with Gasteiger partial charge in [0.2, 0.25) is 0 Å². The first-order valence-corrected chi connectivity index (χ1v) is 5.23. The summed E-state index contributed by atoms with van der Waals surface area (Å²) >= 11 is 9.29. The summed E-state index contributed by atoms with van der Waals surface area (Å²) in [7, 11) is 0. The van der Waals surface area contributed by atoms with Crippen molar-refractivity contribution in [3.63, 3.8) is 0 Å². The predicted octanol–water partition coefficient (Wildman–Crippen LogP) is 3.14. The molecule has 4 heteroatoms. The number of aliphatic hydroxyl groups is 1. The molecule has 1 aromatic carbocycles. The lowest BCUT2D eigenvalue weighted by atomic mass is 10.1. The van der Waals surface area contributed by atoms with Crippen LogP contribution in [0.25, 0.3) is 10.9 Å². The first-order valence-electron chi connectivity index (χ1n) is 4.06. The summed E-state index contributed by atoms with van der Waals surface area (Å²) in [5, 5.41) is 10.6. The van der Waals surface area contributed by atoms with Crippen LogP contribution in [0.15, 0.2) is 28.9 Å². The molecule has 0 unspecified atom stereocenters. The van der Waals surface area contributed by atoms with Gasteiger partial charge in [0, 0.05) is 21.6 Å². The van der Waals surface area contributed by atoms with Crippen LogP contribution in [0.4, 0.5) is 0 Å². The molecule has 0 amide bonds. The third-order valence-corrected chi connectivity index (χ3v) is 2.87. The van der Waals surface area contributed by atoms with Gasteiger partial charge in [-0.1, -0.05) is 27.5 Å². The average molecular weight is 273 g/mol. The Morgan fingerprint density at radius 1 is 1.43 bits per heavy atom. The van der Waals surface area contributed by atoms with E-state index in [2.05, 4.69) is 20.9 Å². The summed E-state index contributed by atoms with van der Waals surface area (Å²) in [6.07, 6.45) is 1.56. The van der Waals surface area contributed by atoms with Gasteiger partial charge in [0.05, 0.1) is 17.1 Å². The molecular weight excluding hydrogens is 265 g/mol. The highest BCUT2D eigenvalue weighted by Gasteiger charge is 2.06. The lowest BCUT2D eigenvalue weighted by molar-refractivity contribution is 0.283. The van der Waals surface area contributed by atoms with Crippen molar-refractivity contribution in [1.29, 1.82) is 0 Å². The second-order valence-electron chi connectivity index (χ2n) is 2.90. The van der Waals surface area contributed by atoms with Crippen LogP contribution in [-0.4, -0.2) is 10.1 Å². The van der Waals surface area contributed by atoms with Gasteiger partial charge in [-0.2, -0.15) is 0 Å². The van der Waals surface area contributed by atoms with Gasteiger partial charge in [0.25, 0.3) is 0 Å². The molecule has 1 N–H and O–H groups in total. The number of rotatable bonds is 1. The Labute approximate surface area is 94.7 Å². The first kappa shape index (κ1) is 9.90. The van der Waals surface area contributed by atoms with E-state index in [-0.39, 0.29) is 6.61 Å². The summed E-state index contributed by atoms with van der Waals surface area (Å²) in [5.41, 5.74) is 1.56. The minimum absolute atomic E-state index is 0.0751. The molecule has 0 saturated heterocycles. The maximum absolute atomic E-state index is 9.18. The molecule has 2 rings (SSSR count). The first-order chi connectivity index (χ1) is 6.72. The number of benzene rings is 1. The fourth-order valence-electron chi connectivity index (χ4n) is 1.36. The summed E-state index contributed by atoms with van der Waals surface area (Å²) in [6, 6.07) is 5.69.